The summed E-state index contributed by atoms with van der Waals surface area (Å²) in [4.78, 5) is 24.3. The van der Waals surface area contributed by atoms with Gasteiger partial charge in [0, 0.05) is 16.2 Å². The molecule has 0 aromatic heterocycles. The molecule has 0 bridgehead atoms. The van der Waals surface area contributed by atoms with Gasteiger partial charge in [-0.05, 0) is 12.5 Å². The van der Waals surface area contributed by atoms with Crippen LogP contribution in [0.5, 0.6) is 0 Å². The maximum atomic E-state index is 11.9. The average Bonchev–Trinajstić information content (AvgIpc) is 2.55. The van der Waals surface area contributed by atoms with E-state index in [4.69, 9.17) is 0 Å². The predicted molar refractivity (Wildman–Crippen MR) is 60.1 cm³/mol. The van der Waals surface area contributed by atoms with Crippen molar-refractivity contribution in [2.75, 3.05) is 5.75 Å². The smallest absolute Gasteiger partial charge is 0.319 e. The molecule has 5 heteroatoms. The highest BCUT2D eigenvalue weighted by Crippen LogP contribution is 2.41. The molecule has 1 unspecified atom stereocenters. The first-order valence-corrected chi connectivity index (χ1v) is 6.07. The van der Waals surface area contributed by atoms with E-state index in [0.717, 1.165) is 16.2 Å². The topological polar surface area (TPSA) is 58.2 Å². The predicted octanol–water partition coefficient (Wildman–Crippen LogP) is 1.22. The Morgan fingerprint density at radius 1 is 1.25 bits per heavy atom. The molecule has 0 radical (unpaired) electrons. The van der Waals surface area contributed by atoms with Gasteiger partial charge in [-0.25, -0.2) is 4.79 Å². The zero-order valence-corrected chi connectivity index (χ0v) is 9.26. The van der Waals surface area contributed by atoms with E-state index in [9.17, 15) is 9.59 Å². The van der Waals surface area contributed by atoms with Gasteiger partial charge in [0.2, 0.25) is 0 Å². The molecule has 3 amide bonds. The highest BCUT2D eigenvalue weighted by Gasteiger charge is 2.49. The molecule has 82 valence electrons. The molecule has 1 aromatic carbocycles. The monoisotopic (exact) mass is 234 g/mol. The minimum absolute atomic E-state index is 0.231. The van der Waals surface area contributed by atoms with E-state index in [0.29, 0.717) is 6.42 Å². The van der Waals surface area contributed by atoms with E-state index in [1.807, 2.05) is 24.3 Å². The first-order chi connectivity index (χ1) is 7.72. The number of fused-ring (bicyclic) bond motifs is 2. The standard InChI is InChI=1S/C11H10N2O2S/c14-9-11(13-10(15)12-9)5-6-16-8-4-2-1-3-7(8)11/h1-4H,5-6H2,(H2,12,13,14,15). The largest absolute Gasteiger partial charge is 0.322 e. The Bertz CT molecular complexity index is 489. The van der Waals surface area contributed by atoms with Crippen LogP contribution in [-0.2, 0) is 10.3 Å². The summed E-state index contributed by atoms with van der Waals surface area (Å²) >= 11 is 1.72. The summed E-state index contributed by atoms with van der Waals surface area (Å²) in [6.45, 7) is 0. The van der Waals surface area contributed by atoms with Gasteiger partial charge in [0.05, 0.1) is 0 Å². The summed E-state index contributed by atoms with van der Waals surface area (Å²) in [6.07, 6.45) is 0.645. The van der Waals surface area contributed by atoms with Crippen molar-refractivity contribution in [3.05, 3.63) is 29.8 Å². The van der Waals surface area contributed by atoms with Crippen molar-refractivity contribution in [2.45, 2.75) is 16.9 Å². The quantitative estimate of drug-likeness (QED) is 0.663. The number of nitrogens with one attached hydrogen (secondary N) is 2. The summed E-state index contributed by atoms with van der Waals surface area (Å²) in [5.74, 6) is 0.607. The number of thioether (sulfide) groups is 1. The van der Waals surface area contributed by atoms with Crippen LogP contribution in [0.1, 0.15) is 12.0 Å². The van der Waals surface area contributed by atoms with Crippen LogP contribution in [0.3, 0.4) is 0 Å². The Balaban J connectivity index is 2.17. The fourth-order valence-corrected chi connectivity index (χ4v) is 3.45. The number of amides is 3. The second-order valence-corrected chi connectivity index (χ2v) is 5.04. The van der Waals surface area contributed by atoms with E-state index in [2.05, 4.69) is 10.6 Å². The van der Waals surface area contributed by atoms with Crippen LogP contribution in [0.4, 0.5) is 4.79 Å². The second-order valence-electron chi connectivity index (χ2n) is 3.91. The Labute approximate surface area is 96.8 Å². The lowest BCUT2D eigenvalue weighted by Crippen LogP contribution is -2.46. The molecule has 1 atom stereocenters. The van der Waals surface area contributed by atoms with E-state index in [1.165, 1.54) is 0 Å². The van der Waals surface area contributed by atoms with Crippen molar-refractivity contribution in [3.63, 3.8) is 0 Å². The van der Waals surface area contributed by atoms with E-state index in [1.54, 1.807) is 11.8 Å². The van der Waals surface area contributed by atoms with Gasteiger partial charge in [-0.15, -0.1) is 11.8 Å². The van der Waals surface area contributed by atoms with E-state index < -0.39 is 11.6 Å². The van der Waals surface area contributed by atoms with Gasteiger partial charge in [-0.3, -0.25) is 10.1 Å². The summed E-state index contributed by atoms with van der Waals surface area (Å²) in [5, 5.41) is 5.08. The number of carbonyl (C=O) groups excluding carboxylic acids is 2. The van der Waals surface area contributed by atoms with Crippen LogP contribution in [0.2, 0.25) is 0 Å². The van der Waals surface area contributed by atoms with Crippen LogP contribution >= 0.6 is 11.8 Å². The molecule has 1 spiro atoms. The third-order valence-corrected chi connectivity index (χ3v) is 4.10. The number of hydrogen-bond donors (Lipinski definition) is 2. The van der Waals surface area contributed by atoms with Crippen molar-refractivity contribution in [1.29, 1.82) is 0 Å². The lowest BCUT2D eigenvalue weighted by molar-refractivity contribution is -0.124. The van der Waals surface area contributed by atoms with Crippen LogP contribution < -0.4 is 10.6 Å². The summed E-state index contributed by atoms with van der Waals surface area (Å²) < 4.78 is 0. The highest BCUT2D eigenvalue weighted by molar-refractivity contribution is 7.99. The van der Waals surface area contributed by atoms with Crippen molar-refractivity contribution in [2.24, 2.45) is 0 Å². The number of hydrogen-bond acceptors (Lipinski definition) is 3. The Morgan fingerprint density at radius 2 is 2.06 bits per heavy atom. The van der Waals surface area contributed by atoms with Gasteiger partial charge in [0.15, 0.2) is 0 Å². The van der Waals surface area contributed by atoms with Gasteiger partial charge in [0.1, 0.15) is 5.54 Å². The van der Waals surface area contributed by atoms with Crippen molar-refractivity contribution in [1.82, 2.24) is 10.6 Å². The first kappa shape index (κ1) is 9.72. The highest BCUT2D eigenvalue weighted by atomic mass is 32.2. The van der Waals surface area contributed by atoms with E-state index >= 15 is 0 Å². The van der Waals surface area contributed by atoms with E-state index in [-0.39, 0.29) is 5.91 Å². The Hall–Kier alpha value is -1.49. The zero-order chi connectivity index (χ0) is 11.2. The SMILES string of the molecule is O=C1NC(=O)C2(CCSc3ccccc32)N1. The molecule has 3 rings (SSSR count). The molecule has 1 saturated heterocycles. The lowest BCUT2D eigenvalue weighted by Gasteiger charge is -2.32. The van der Waals surface area contributed by atoms with Crippen LogP contribution in [0, 0.1) is 0 Å². The van der Waals surface area contributed by atoms with Crippen molar-refractivity contribution in [3.8, 4) is 0 Å². The number of carbonyl (C=O) groups is 2. The average molecular weight is 234 g/mol. The molecule has 1 fully saturated rings. The minimum atomic E-state index is -0.834. The van der Waals surface area contributed by atoms with Gasteiger partial charge in [-0.1, -0.05) is 18.2 Å². The number of rotatable bonds is 0. The zero-order valence-electron chi connectivity index (χ0n) is 8.45. The van der Waals surface area contributed by atoms with Crippen molar-refractivity contribution >= 4 is 23.7 Å². The van der Waals surface area contributed by atoms with Crippen LogP contribution in [0.25, 0.3) is 0 Å². The van der Waals surface area contributed by atoms with Gasteiger partial charge < -0.3 is 5.32 Å². The molecular weight excluding hydrogens is 224 g/mol. The normalized spacial score (nSPS) is 27.5. The minimum Gasteiger partial charge on any atom is -0.319 e. The fraction of sp³-hybridized carbons (Fsp3) is 0.273. The number of benzene rings is 1. The molecule has 2 aliphatic rings. The molecule has 0 saturated carbocycles. The number of imide groups is 1. The number of urea groups is 1. The van der Waals surface area contributed by atoms with Crippen molar-refractivity contribution < 1.29 is 9.59 Å². The lowest BCUT2D eigenvalue weighted by atomic mass is 9.87. The molecule has 1 aromatic rings. The second kappa shape index (κ2) is 3.25. The molecule has 2 N–H and O–H groups in total. The molecule has 16 heavy (non-hydrogen) atoms. The summed E-state index contributed by atoms with van der Waals surface area (Å²) in [7, 11) is 0. The third kappa shape index (κ3) is 1.18. The maximum Gasteiger partial charge on any atom is 0.322 e. The summed E-state index contributed by atoms with van der Waals surface area (Å²) in [6, 6.07) is 7.33. The van der Waals surface area contributed by atoms with Gasteiger partial charge >= 0.3 is 6.03 Å². The maximum absolute atomic E-state index is 11.9. The molecule has 4 nitrogen and oxygen atoms in total. The Morgan fingerprint density at radius 3 is 2.81 bits per heavy atom. The first-order valence-electron chi connectivity index (χ1n) is 5.08. The Kier molecular flexibility index (Phi) is 1.97. The van der Waals surface area contributed by atoms with Crippen LogP contribution in [-0.4, -0.2) is 17.7 Å². The van der Waals surface area contributed by atoms with Gasteiger partial charge in [0.25, 0.3) is 5.91 Å². The molecule has 2 aliphatic heterocycles. The molecule has 0 aliphatic carbocycles. The van der Waals surface area contributed by atoms with Crippen LogP contribution in [0.15, 0.2) is 29.2 Å². The molecule has 2 heterocycles. The van der Waals surface area contributed by atoms with Gasteiger partial charge in [-0.2, -0.15) is 0 Å². The fourth-order valence-electron chi connectivity index (χ4n) is 2.25. The summed E-state index contributed by atoms with van der Waals surface area (Å²) in [5.41, 5.74) is 0.0773. The third-order valence-electron chi connectivity index (χ3n) is 3.02. The molecular formula is C11H10N2O2S.